The van der Waals surface area contributed by atoms with E-state index < -0.39 is 29.5 Å². The number of carboxylic acids is 1. The summed E-state index contributed by atoms with van der Waals surface area (Å²) in [6.45, 7) is 0.326. The Balaban J connectivity index is 1.39. The Bertz CT molecular complexity index is 939. The van der Waals surface area contributed by atoms with Crippen molar-refractivity contribution in [2.24, 2.45) is 11.8 Å². The number of carboxylic acid groups (broad SMARTS) is 1. The maximum absolute atomic E-state index is 13.0. The predicted molar refractivity (Wildman–Crippen MR) is 96.7 cm³/mol. The molecule has 0 aromatic heterocycles. The van der Waals surface area contributed by atoms with Crippen LogP contribution >= 0.6 is 0 Å². The van der Waals surface area contributed by atoms with Crippen LogP contribution in [0.5, 0.6) is 11.5 Å². The monoisotopic (exact) mass is 363 g/mol. The second-order valence-corrected chi connectivity index (χ2v) is 7.07. The van der Waals surface area contributed by atoms with E-state index in [1.54, 1.807) is 35.2 Å². The van der Waals surface area contributed by atoms with E-state index in [-0.39, 0.29) is 5.91 Å². The first-order valence-corrected chi connectivity index (χ1v) is 8.82. The average Bonchev–Trinajstić information content (AvgIpc) is 3.31. The normalized spacial score (nSPS) is 30.6. The number of benzene rings is 2. The Morgan fingerprint density at radius 3 is 2.52 bits per heavy atom. The number of para-hydroxylation sites is 1. The van der Waals surface area contributed by atoms with Gasteiger partial charge in [0, 0.05) is 5.69 Å². The quantitative estimate of drug-likeness (QED) is 0.846. The van der Waals surface area contributed by atoms with Crippen LogP contribution in [0, 0.1) is 11.8 Å². The Kier molecular flexibility index (Phi) is 3.39. The number of carbonyl (C=O) groups is 2. The van der Waals surface area contributed by atoms with Gasteiger partial charge in [-0.15, -0.1) is 0 Å². The van der Waals surface area contributed by atoms with Crippen LogP contribution in [0.2, 0.25) is 0 Å². The molecule has 5 rings (SSSR count). The first-order valence-electron chi connectivity index (χ1n) is 8.82. The highest BCUT2D eigenvalue weighted by Gasteiger charge is 2.67. The summed E-state index contributed by atoms with van der Waals surface area (Å²) in [7, 11) is 0. The second kappa shape index (κ2) is 5.69. The predicted octanol–water partition coefficient (Wildman–Crippen LogP) is 2.85. The van der Waals surface area contributed by atoms with Crippen molar-refractivity contribution in [3.8, 4) is 11.5 Å². The van der Waals surface area contributed by atoms with Gasteiger partial charge in [-0.05, 0) is 36.4 Å². The number of fused-ring (bicyclic) bond motifs is 1. The van der Waals surface area contributed by atoms with E-state index in [9.17, 15) is 14.7 Å². The minimum absolute atomic E-state index is 0.203. The maximum Gasteiger partial charge on any atom is 0.310 e. The van der Waals surface area contributed by atoms with Gasteiger partial charge in [0.2, 0.25) is 5.91 Å². The lowest BCUT2D eigenvalue weighted by molar-refractivity contribution is -0.146. The van der Waals surface area contributed by atoms with Crippen LogP contribution in [0.1, 0.15) is 0 Å². The fraction of sp³-hybridized carbons (Fsp3) is 0.238. The molecule has 3 aliphatic heterocycles. The Morgan fingerprint density at radius 2 is 1.81 bits per heavy atom. The number of amides is 1. The van der Waals surface area contributed by atoms with E-state index in [0.717, 1.165) is 5.75 Å². The lowest BCUT2D eigenvalue weighted by atomic mass is 9.77. The zero-order valence-electron chi connectivity index (χ0n) is 14.3. The molecule has 2 aromatic carbocycles. The molecule has 0 saturated carbocycles. The van der Waals surface area contributed by atoms with Crippen LogP contribution in [0.25, 0.3) is 0 Å². The minimum atomic E-state index is -0.988. The maximum atomic E-state index is 13.0. The van der Waals surface area contributed by atoms with Gasteiger partial charge in [-0.2, -0.15) is 0 Å². The lowest BCUT2D eigenvalue weighted by Gasteiger charge is -2.21. The van der Waals surface area contributed by atoms with Crippen molar-refractivity contribution in [2.75, 3.05) is 11.4 Å². The number of rotatable bonds is 4. The minimum Gasteiger partial charge on any atom is -0.481 e. The van der Waals surface area contributed by atoms with E-state index in [4.69, 9.17) is 9.47 Å². The molecule has 0 radical (unpaired) electrons. The third-order valence-corrected chi connectivity index (χ3v) is 5.51. The first-order chi connectivity index (χ1) is 13.1. The van der Waals surface area contributed by atoms with Crippen molar-refractivity contribution < 1.29 is 24.2 Å². The topological polar surface area (TPSA) is 76.1 Å². The summed E-state index contributed by atoms with van der Waals surface area (Å²) in [6.07, 6.45) is 3.11. The molecule has 4 atom stereocenters. The number of anilines is 1. The smallest absolute Gasteiger partial charge is 0.310 e. The number of aliphatic carboxylic acids is 1. The standard InChI is InChI=1S/C21H17NO5/c23-19-18-17(20(24)25)16-10-11-21(18,27-16)12-22(19)13-6-8-15(9-7-13)26-14-4-2-1-3-5-14/h1-11,16-18H,12H2,(H,24,25)/t16-,17+,18-,21-/m1/s1. The molecule has 6 heteroatoms. The molecule has 1 amide bonds. The molecule has 27 heavy (non-hydrogen) atoms. The van der Waals surface area contributed by atoms with Crippen LogP contribution in [0.3, 0.4) is 0 Å². The highest BCUT2D eigenvalue weighted by molar-refractivity contribution is 6.02. The van der Waals surface area contributed by atoms with Crippen LogP contribution in [-0.4, -0.2) is 35.2 Å². The SMILES string of the molecule is O=C(O)[C@H]1[C@H]2C=C[C@]3(CN(c4ccc(Oc5ccccc5)cc4)C(=O)[C@@H]13)O2. The molecule has 2 aromatic rings. The number of hydrogen-bond donors (Lipinski definition) is 1. The van der Waals surface area contributed by atoms with Crippen molar-refractivity contribution >= 4 is 17.6 Å². The van der Waals surface area contributed by atoms with E-state index in [1.807, 2.05) is 36.4 Å². The lowest BCUT2D eigenvalue weighted by Crippen LogP contribution is -2.39. The van der Waals surface area contributed by atoms with Gasteiger partial charge in [0.15, 0.2) is 0 Å². The third-order valence-electron chi connectivity index (χ3n) is 5.51. The highest BCUT2D eigenvalue weighted by Crippen LogP contribution is 2.52. The molecule has 2 fully saturated rings. The Morgan fingerprint density at radius 1 is 1.11 bits per heavy atom. The molecular weight excluding hydrogens is 346 g/mol. The van der Waals surface area contributed by atoms with Crippen molar-refractivity contribution in [2.45, 2.75) is 11.7 Å². The fourth-order valence-electron chi connectivity index (χ4n) is 4.32. The highest BCUT2D eigenvalue weighted by atomic mass is 16.5. The van der Waals surface area contributed by atoms with Crippen molar-refractivity contribution in [1.29, 1.82) is 0 Å². The van der Waals surface area contributed by atoms with E-state index in [1.165, 1.54) is 0 Å². The zero-order chi connectivity index (χ0) is 18.6. The Hall–Kier alpha value is -3.12. The van der Waals surface area contributed by atoms with Gasteiger partial charge < -0.3 is 19.5 Å². The molecule has 2 saturated heterocycles. The molecule has 0 aliphatic carbocycles. The summed E-state index contributed by atoms with van der Waals surface area (Å²) in [4.78, 5) is 26.2. The van der Waals surface area contributed by atoms with Gasteiger partial charge in [0.1, 0.15) is 23.0 Å². The first kappa shape index (κ1) is 16.1. The number of ether oxygens (including phenoxy) is 2. The van der Waals surface area contributed by atoms with Gasteiger partial charge in [0.05, 0.1) is 18.6 Å². The number of hydrogen-bond acceptors (Lipinski definition) is 4. The summed E-state index contributed by atoms with van der Waals surface area (Å²) < 4.78 is 11.7. The van der Waals surface area contributed by atoms with Crippen LogP contribution < -0.4 is 9.64 Å². The second-order valence-electron chi connectivity index (χ2n) is 7.07. The molecular formula is C21H17NO5. The summed E-state index contributed by atoms with van der Waals surface area (Å²) in [5.74, 6) is -1.30. The van der Waals surface area contributed by atoms with Crippen molar-refractivity contribution in [1.82, 2.24) is 0 Å². The van der Waals surface area contributed by atoms with Gasteiger partial charge >= 0.3 is 5.97 Å². The van der Waals surface area contributed by atoms with Crippen LogP contribution in [0.4, 0.5) is 5.69 Å². The average molecular weight is 363 g/mol. The number of carbonyl (C=O) groups excluding carboxylic acids is 1. The van der Waals surface area contributed by atoms with E-state index in [2.05, 4.69) is 0 Å². The van der Waals surface area contributed by atoms with Crippen LogP contribution in [-0.2, 0) is 14.3 Å². The van der Waals surface area contributed by atoms with E-state index >= 15 is 0 Å². The van der Waals surface area contributed by atoms with Gasteiger partial charge in [-0.1, -0.05) is 30.4 Å². The summed E-state index contributed by atoms with van der Waals surface area (Å²) in [6, 6.07) is 16.6. The van der Waals surface area contributed by atoms with Crippen molar-refractivity contribution in [3.63, 3.8) is 0 Å². The van der Waals surface area contributed by atoms with Crippen molar-refractivity contribution in [3.05, 3.63) is 66.7 Å². The molecule has 6 nitrogen and oxygen atoms in total. The Labute approximate surface area is 155 Å². The van der Waals surface area contributed by atoms with Gasteiger partial charge in [-0.25, -0.2) is 0 Å². The summed E-state index contributed by atoms with van der Waals surface area (Å²) in [5, 5.41) is 9.53. The molecule has 2 bridgehead atoms. The molecule has 136 valence electrons. The van der Waals surface area contributed by atoms with Gasteiger partial charge in [-0.3, -0.25) is 9.59 Å². The molecule has 3 heterocycles. The fourth-order valence-corrected chi connectivity index (χ4v) is 4.32. The number of nitrogens with zero attached hydrogens (tertiary/aromatic N) is 1. The zero-order valence-corrected chi connectivity index (χ0v) is 14.3. The molecule has 1 N–H and O–H groups in total. The molecule has 1 spiro atoms. The largest absolute Gasteiger partial charge is 0.481 e. The summed E-state index contributed by atoms with van der Waals surface area (Å²) >= 11 is 0. The van der Waals surface area contributed by atoms with E-state index in [0.29, 0.717) is 18.0 Å². The van der Waals surface area contributed by atoms with Crippen LogP contribution in [0.15, 0.2) is 66.7 Å². The van der Waals surface area contributed by atoms with Gasteiger partial charge in [0.25, 0.3) is 0 Å². The summed E-state index contributed by atoms with van der Waals surface area (Å²) in [5.41, 5.74) is -0.127. The third kappa shape index (κ3) is 2.37. The molecule has 3 aliphatic rings. The molecule has 0 unspecified atom stereocenters.